The number of halogens is 8. The highest BCUT2D eigenvalue weighted by Crippen LogP contribution is 2.31. The minimum absolute atomic E-state index is 0.00626. The summed E-state index contributed by atoms with van der Waals surface area (Å²) in [5.41, 5.74) is 9.48. The molecule has 0 spiro atoms. The quantitative estimate of drug-likeness (QED) is 0.0162. The van der Waals surface area contributed by atoms with Gasteiger partial charge in [0, 0.05) is 42.4 Å². The summed E-state index contributed by atoms with van der Waals surface area (Å²) in [6.07, 6.45) is -0.0753. The van der Waals surface area contributed by atoms with Gasteiger partial charge in [0.15, 0.2) is 6.30 Å². The molecule has 0 N–H and O–H groups in total. The predicted molar refractivity (Wildman–Crippen MR) is 516 cm³/mol. The molecule has 11 nitrogen and oxygen atoms in total. The number of imide groups is 1. The van der Waals surface area contributed by atoms with Crippen LogP contribution in [0, 0.1) is 6.92 Å². The van der Waals surface area contributed by atoms with Gasteiger partial charge in [0.25, 0.3) is 11.8 Å². The van der Waals surface area contributed by atoms with Crippen molar-refractivity contribution in [2.45, 2.75) is 137 Å². The molecule has 1 aliphatic rings. The number of carbonyl (C=O) groups is 2. The second-order valence-electron chi connectivity index (χ2n) is 29.2. The molecule has 15 rings (SSSR count). The van der Waals surface area contributed by atoms with Crippen LogP contribution in [0.15, 0.2) is 365 Å². The Labute approximate surface area is 770 Å². The number of aromatic nitrogens is 1. The van der Waals surface area contributed by atoms with Crippen molar-refractivity contribution in [1.82, 2.24) is 9.88 Å². The molecule has 19 heteroatoms. The molecule has 0 saturated heterocycles. The fourth-order valence-corrected chi connectivity index (χ4v) is 12.7. The van der Waals surface area contributed by atoms with E-state index in [1.165, 1.54) is 28.8 Å². The summed E-state index contributed by atoms with van der Waals surface area (Å²) in [5.74, 6) is 5.23. The van der Waals surface area contributed by atoms with Gasteiger partial charge in [-0.15, -0.1) is 0 Å². The molecule has 0 aliphatic carbocycles. The standard InChI is InChI=1S/C16H12FNO2.C14H14FNO2.C14H13FO.C14H13F.C12H12O.C11H14O2.C10H13Br.C9H10Cl2O.C9H11F/c17-14(10-11-6-2-1-3-7-11)18-15(19)12-8-4-5-9-13(12)16(18)20;1-10-3-8-14(16-9-10)18-13-6-4-12(5-7-13)17-11(2)15;15-10-12-6-8-14(9-7-12)16-11-13-4-2-1-3-5-13;15-14(13-9-5-2-6-10-13)11-12-7-3-1-4-8-12;1-2-13-12-8-7-10-5-3-4-6-11(10)9-12;1-3-9-13-11-7-5-10(6-8-11)12-4-2;1-8(2)10-5-3-9(7-11)4-6-10;1-6(2)12-9-4-3-7(10)5-8(9)11;1-2-9(10)8-6-4-3-5-7-8/h1-9,14H,10H2;3-9,11H,1-2H3;1-9H,10-11H2;1-10,14H,11H2;3-9H,2H2,1H3;3,5-8H,1,4,9H2,2H3;3-6,8H,7H2,1-2H3;3-6H,1-2H3;3-7,9H,2H2,1H3. The van der Waals surface area contributed by atoms with Crippen molar-refractivity contribution in [2.75, 3.05) is 19.8 Å². The number of hydrogen-bond acceptors (Lipinski definition) is 10. The van der Waals surface area contributed by atoms with E-state index in [0.717, 1.165) is 68.3 Å². The Morgan fingerprint density at radius 2 is 0.898 bits per heavy atom. The van der Waals surface area contributed by atoms with E-state index in [2.05, 4.69) is 89.9 Å². The fraction of sp³-hybridized carbons (Fsp3) is 0.220. The van der Waals surface area contributed by atoms with Gasteiger partial charge in [-0.1, -0.05) is 309 Å². The molecule has 0 bridgehead atoms. The van der Waals surface area contributed by atoms with Gasteiger partial charge in [-0.3, -0.25) is 9.59 Å². The normalized spacial score (nSPS) is 11.7. The Balaban J connectivity index is 0.000000199. The van der Waals surface area contributed by atoms with Crippen molar-refractivity contribution in [3.8, 4) is 46.1 Å². The molecule has 1 aliphatic heterocycles. The predicted octanol–water partition coefficient (Wildman–Crippen LogP) is 30.9. The number of pyridine rings is 1. The summed E-state index contributed by atoms with van der Waals surface area (Å²) in [4.78, 5) is 29.0. The summed E-state index contributed by atoms with van der Waals surface area (Å²) in [5, 5.41) is 4.61. The third-order valence-electron chi connectivity index (χ3n) is 18.4. The highest BCUT2D eigenvalue weighted by atomic mass is 79.9. The number of ether oxygens (including phenoxy) is 7. The van der Waals surface area contributed by atoms with Crippen LogP contribution < -0.4 is 33.2 Å². The molecule has 0 radical (unpaired) electrons. The van der Waals surface area contributed by atoms with E-state index in [1.807, 2.05) is 217 Å². The third-order valence-corrected chi connectivity index (χ3v) is 19.6. The van der Waals surface area contributed by atoms with E-state index in [1.54, 1.807) is 134 Å². The summed E-state index contributed by atoms with van der Waals surface area (Å²) in [6, 6.07) is 107. The average Bonchev–Trinajstić information content (AvgIpc) is 1.62. The molecule has 0 fully saturated rings. The number of carbonyl (C=O) groups excluding carboxylic acids is 2. The Hall–Kier alpha value is -12.5. The van der Waals surface area contributed by atoms with Crippen LogP contribution in [-0.2, 0) is 31.5 Å². The summed E-state index contributed by atoms with van der Waals surface area (Å²) >= 11 is 15.0. The number of aryl methyl sites for hydroxylation is 1. The maximum Gasteiger partial charge on any atom is 0.263 e. The smallest absolute Gasteiger partial charge is 0.263 e. The first-order chi connectivity index (χ1) is 62.0. The molecule has 668 valence electrons. The summed E-state index contributed by atoms with van der Waals surface area (Å²) in [7, 11) is 0. The second-order valence-corrected chi connectivity index (χ2v) is 30.6. The second kappa shape index (κ2) is 57.9. The van der Waals surface area contributed by atoms with Crippen LogP contribution in [0.1, 0.15) is 151 Å². The molecular weight excluding hydrogens is 1730 g/mol. The molecule has 4 atom stereocenters. The highest BCUT2D eigenvalue weighted by molar-refractivity contribution is 9.08. The monoisotopic (exact) mass is 1840 g/mol. The summed E-state index contributed by atoms with van der Waals surface area (Å²) in [6.45, 7) is 23.0. The molecular formula is C109H112BrCl2F5N2O9. The highest BCUT2D eigenvalue weighted by Gasteiger charge is 2.40. The Morgan fingerprint density at radius 1 is 0.438 bits per heavy atom. The van der Waals surface area contributed by atoms with Gasteiger partial charge in [-0.05, 0) is 211 Å². The van der Waals surface area contributed by atoms with Gasteiger partial charge < -0.3 is 33.2 Å². The van der Waals surface area contributed by atoms with Gasteiger partial charge in [-0.25, -0.2) is 31.8 Å². The minimum atomic E-state index is -1.65. The molecule has 13 aromatic carbocycles. The first-order valence-corrected chi connectivity index (χ1v) is 44.1. The first-order valence-electron chi connectivity index (χ1n) is 42.2. The number of amides is 2. The lowest BCUT2D eigenvalue weighted by molar-refractivity contribution is 0.0419. The van der Waals surface area contributed by atoms with Crippen molar-refractivity contribution < 1.29 is 64.7 Å². The lowest BCUT2D eigenvalue weighted by atomic mass is 10.0. The number of benzene rings is 13. The van der Waals surface area contributed by atoms with Gasteiger partial charge in [0.05, 0.1) is 35.5 Å². The molecule has 14 aromatic rings. The van der Waals surface area contributed by atoms with Crippen LogP contribution in [0.5, 0.6) is 46.1 Å². The number of nitrogens with zero attached hydrogens (tertiary/aromatic N) is 2. The van der Waals surface area contributed by atoms with Crippen molar-refractivity contribution in [1.29, 1.82) is 0 Å². The van der Waals surface area contributed by atoms with Gasteiger partial charge in [0.1, 0.15) is 72.5 Å². The minimum Gasteiger partial charge on any atom is -0.494 e. The van der Waals surface area contributed by atoms with Crippen molar-refractivity contribution >= 4 is 61.7 Å². The van der Waals surface area contributed by atoms with Crippen LogP contribution in [0.2, 0.25) is 10.0 Å². The number of alkyl halides is 6. The van der Waals surface area contributed by atoms with Gasteiger partial charge >= 0.3 is 0 Å². The van der Waals surface area contributed by atoms with E-state index >= 15 is 0 Å². The zero-order chi connectivity index (χ0) is 92.2. The van der Waals surface area contributed by atoms with E-state index in [0.29, 0.717) is 82.2 Å². The van der Waals surface area contributed by atoms with Crippen LogP contribution in [0.25, 0.3) is 10.8 Å². The van der Waals surface area contributed by atoms with E-state index in [4.69, 9.17) is 56.4 Å². The number of hydrogen-bond donors (Lipinski definition) is 0. The fourth-order valence-electron chi connectivity index (χ4n) is 11.9. The SMILES string of the molecule is C=CCOc1ccc(OCC)cc1.CC(C)Oc1ccc(Cl)cc1Cl.CC(C)c1ccc(CBr)cc1.CCC(F)c1ccccc1.CCOc1ccc2ccccc2c1.Cc1ccc(Oc2ccc(OC(C)F)cc2)nc1.FC(Cc1ccccc1)c1ccccc1.FCc1ccc(OCc2ccccc2)cc1.O=C1c2ccccc2C(=O)N1C(F)Cc1ccccc1. The molecule has 128 heavy (non-hydrogen) atoms. The zero-order valence-electron chi connectivity index (χ0n) is 73.7. The lowest BCUT2D eigenvalue weighted by Gasteiger charge is -2.19. The van der Waals surface area contributed by atoms with Crippen LogP contribution in [0.3, 0.4) is 0 Å². The van der Waals surface area contributed by atoms with Gasteiger partial charge in [0.2, 0.25) is 12.2 Å². The largest absolute Gasteiger partial charge is 0.494 e. The number of rotatable bonds is 27. The molecule has 1 aromatic heterocycles. The molecule has 0 saturated carbocycles. The maximum absolute atomic E-state index is 14.3. The van der Waals surface area contributed by atoms with Crippen LogP contribution >= 0.6 is 39.1 Å². The van der Waals surface area contributed by atoms with Crippen molar-refractivity contribution in [2.24, 2.45) is 0 Å². The van der Waals surface area contributed by atoms with E-state index in [-0.39, 0.29) is 23.7 Å². The van der Waals surface area contributed by atoms with E-state index in [9.17, 15) is 31.5 Å². The van der Waals surface area contributed by atoms with Crippen molar-refractivity contribution in [3.63, 3.8) is 0 Å². The van der Waals surface area contributed by atoms with E-state index < -0.39 is 43.5 Å². The zero-order valence-corrected chi connectivity index (χ0v) is 76.8. The van der Waals surface area contributed by atoms with Crippen molar-refractivity contribution in [3.05, 3.63) is 436 Å². The Bertz CT molecular complexity index is 5400. The maximum atomic E-state index is 14.3. The molecule has 4 unspecified atom stereocenters. The summed E-state index contributed by atoms with van der Waals surface area (Å²) < 4.78 is 103. The Kier molecular flexibility index (Phi) is 46.4. The molecule has 2 amide bonds. The first kappa shape index (κ1) is 103. The Morgan fingerprint density at radius 3 is 1.39 bits per heavy atom. The topological polar surface area (TPSA) is 115 Å². The van der Waals surface area contributed by atoms with Crippen LogP contribution in [0.4, 0.5) is 22.0 Å². The molecule has 2 heterocycles. The average molecular weight is 1840 g/mol. The van der Waals surface area contributed by atoms with Gasteiger partial charge in [-0.2, -0.15) is 0 Å². The lowest BCUT2D eigenvalue weighted by Crippen LogP contribution is -2.38. The number of fused-ring (bicyclic) bond motifs is 2. The third kappa shape index (κ3) is 37.9. The van der Waals surface area contributed by atoms with Crippen LogP contribution in [-0.4, -0.2) is 60.3 Å².